The van der Waals surface area contributed by atoms with Crippen molar-refractivity contribution < 1.29 is 14.6 Å². The number of carbonyl (C=O) groups excluding carboxylic acids is 1. The van der Waals surface area contributed by atoms with Crippen LogP contribution in [-0.4, -0.2) is 20.7 Å². The maximum Gasteiger partial charge on any atom is 0.277 e. The number of amides is 1. The number of benzene rings is 2. The van der Waals surface area contributed by atoms with Crippen LogP contribution in [-0.2, 0) is 11.8 Å². The van der Waals surface area contributed by atoms with Gasteiger partial charge in [0.25, 0.3) is 17.3 Å². The molecule has 3 aromatic rings. The number of hydrogen-bond donors (Lipinski definition) is 1. The zero-order chi connectivity index (χ0) is 22.8. The summed E-state index contributed by atoms with van der Waals surface area (Å²) in [5, 5.41) is 25.1. The Balaban J connectivity index is 1.93. The van der Waals surface area contributed by atoms with Gasteiger partial charge < -0.3 is 0 Å². The summed E-state index contributed by atoms with van der Waals surface area (Å²) in [6.07, 6.45) is 0.642. The third-order valence-electron chi connectivity index (χ3n) is 4.42. The minimum atomic E-state index is -0.775. The van der Waals surface area contributed by atoms with E-state index in [1.807, 2.05) is 51.1 Å². The smallest absolute Gasteiger partial charge is 0.277 e. The SMILES string of the molecule is CC(C)(C)c1nc(NC(=O)c2cc([N+](=O)[O-])cc([N+](=O)[O-])c2)sc1Cc1ccccc1. The molecule has 0 saturated heterocycles. The van der Waals surface area contributed by atoms with Gasteiger partial charge in [-0.2, -0.15) is 0 Å². The number of carbonyl (C=O) groups is 1. The number of non-ortho nitro benzene ring substituents is 2. The summed E-state index contributed by atoms with van der Waals surface area (Å²) < 4.78 is 0. The number of nitrogens with zero attached hydrogens (tertiary/aromatic N) is 3. The number of nitro benzene ring substituents is 2. The Kier molecular flexibility index (Phi) is 6.11. The number of rotatable bonds is 6. The molecule has 2 aromatic carbocycles. The van der Waals surface area contributed by atoms with Gasteiger partial charge in [-0.3, -0.25) is 30.3 Å². The van der Waals surface area contributed by atoms with Crippen LogP contribution >= 0.6 is 11.3 Å². The third kappa shape index (κ3) is 5.28. The molecule has 10 heteroatoms. The highest BCUT2D eigenvalue weighted by molar-refractivity contribution is 7.16. The first-order chi connectivity index (χ1) is 14.5. The van der Waals surface area contributed by atoms with Crippen molar-refractivity contribution in [2.45, 2.75) is 32.6 Å². The molecule has 1 N–H and O–H groups in total. The molecule has 160 valence electrons. The van der Waals surface area contributed by atoms with Crippen molar-refractivity contribution >= 4 is 33.8 Å². The Morgan fingerprint density at radius 1 is 1.03 bits per heavy atom. The second-order valence-corrected chi connectivity index (χ2v) is 8.99. The van der Waals surface area contributed by atoms with Crippen molar-refractivity contribution in [1.29, 1.82) is 0 Å². The van der Waals surface area contributed by atoms with Crippen LogP contribution in [0.5, 0.6) is 0 Å². The normalized spacial score (nSPS) is 11.2. The molecule has 0 aliphatic heterocycles. The topological polar surface area (TPSA) is 128 Å². The van der Waals surface area contributed by atoms with E-state index in [0.29, 0.717) is 11.6 Å². The quantitative estimate of drug-likeness (QED) is 0.419. The highest BCUT2D eigenvalue weighted by Gasteiger charge is 2.25. The third-order valence-corrected chi connectivity index (χ3v) is 5.39. The van der Waals surface area contributed by atoms with Gasteiger partial charge in [-0.1, -0.05) is 51.1 Å². The van der Waals surface area contributed by atoms with Crippen molar-refractivity contribution in [3.8, 4) is 0 Å². The van der Waals surface area contributed by atoms with E-state index in [4.69, 9.17) is 0 Å². The Labute approximate surface area is 182 Å². The molecule has 0 fully saturated rings. The van der Waals surface area contributed by atoms with E-state index in [2.05, 4.69) is 10.3 Å². The molecule has 31 heavy (non-hydrogen) atoms. The van der Waals surface area contributed by atoms with Crippen LogP contribution < -0.4 is 5.32 Å². The van der Waals surface area contributed by atoms with Crippen molar-refractivity contribution in [2.75, 3.05) is 5.32 Å². The molecule has 0 aliphatic rings. The maximum absolute atomic E-state index is 12.7. The number of anilines is 1. The van der Waals surface area contributed by atoms with Crippen LogP contribution in [0.2, 0.25) is 0 Å². The molecule has 0 atom stereocenters. The van der Waals surface area contributed by atoms with E-state index in [-0.39, 0.29) is 11.0 Å². The predicted octanol–water partition coefficient (Wildman–Crippen LogP) is 5.10. The van der Waals surface area contributed by atoms with Gasteiger partial charge in [-0.25, -0.2) is 4.98 Å². The highest BCUT2D eigenvalue weighted by Crippen LogP contribution is 2.34. The van der Waals surface area contributed by atoms with Crippen LogP contribution in [0.3, 0.4) is 0 Å². The average molecular weight is 440 g/mol. The summed E-state index contributed by atoms with van der Waals surface area (Å²) in [6.45, 7) is 6.06. The predicted molar refractivity (Wildman–Crippen MR) is 118 cm³/mol. The van der Waals surface area contributed by atoms with Gasteiger partial charge in [0.05, 0.1) is 27.2 Å². The lowest BCUT2D eigenvalue weighted by Gasteiger charge is -2.17. The van der Waals surface area contributed by atoms with Crippen molar-refractivity contribution in [1.82, 2.24) is 4.98 Å². The van der Waals surface area contributed by atoms with E-state index in [1.54, 1.807) is 0 Å². The zero-order valence-corrected chi connectivity index (χ0v) is 17.9. The molecule has 1 amide bonds. The van der Waals surface area contributed by atoms with Gasteiger partial charge in [-0.05, 0) is 5.56 Å². The molecule has 9 nitrogen and oxygen atoms in total. The molecule has 3 rings (SSSR count). The average Bonchev–Trinajstić information content (AvgIpc) is 3.10. The monoisotopic (exact) mass is 440 g/mol. The molecular formula is C21H20N4O5S. The summed E-state index contributed by atoms with van der Waals surface area (Å²) in [6, 6.07) is 12.7. The second-order valence-electron chi connectivity index (χ2n) is 7.91. The van der Waals surface area contributed by atoms with E-state index in [0.717, 1.165) is 34.3 Å². The zero-order valence-electron chi connectivity index (χ0n) is 17.1. The molecule has 0 aliphatic carbocycles. The molecule has 0 unspecified atom stereocenters. The fourth-order valence-electron chi connectivity index (χ4n) is 3.00. The Morgan fingerprint density at radius 3 is 2.13 bits per heavy atom. The van der Waals surface area contributed by atoms with E-state index in [9.17, 15) is 25.0 Å². The van der Waals surface area contributed by atoms with Gasteiger partial charge in [-0.15, -0.1) is 11.3 Å². The number of nitro groups is 2. The first-order valence-electron chi connectivity index (χ1n) is 9.34. The number of hydrogen-bond acceptors (Lipinski definition) is 7. The van der Waals surface area contributed by atoms with Crippen molar-refractivity contribution in [3.63, 3.8) is 0 Å². The lowest BCUT2D eigenvalue weighted by atomic mass is 9.90. The van der Waals surface area contributed by atoms with Crippen LogP contribution in [0, 0.1) is 20.2 Å². The Hall–Kier alpha value is -3.66. The summed E-state index contributed by atoms with van der Waals surface area (Å²) in [5.41, 5.74) is 0.425. The largest absolute Gasteiger partial charge is 0.298 e. The number of thiazole rings is 1. The number of nitrogens with one attached hydrogen (secondary N) is 1. The maximum atomic E-state index is 12.7. The summed E-state index contributed by atoms with van der Waals surface area (Å²) in [4.78, 5) is 38.9. The second kappa shape index (κ2) is 8.60. The summed E-state index contributed by atoms with van der Waals surface area (Å²) in [5.74, 6) is -0.702. The van der Waals surface area contributed by atoms with Crippen LogP contribution in [0.25, 0.3) is 0 Å². The summed E-state index contributed by atoms with van der Waals surface area (Å²) >= 11 is 1.31. The van der Waals surface area contributed by atoms with Crippen LogP contribution in [0.15, 0.2) is 48.5 Å². The van der Waals surface area contributed by atoms with Crippen LogP contribution in [0.1, 0.15) is 47.3 Å². The highest BCUT2D eigenvalue weighted by atomic mass is 32.1. The van der Waals surface area contributed by atoms with Gasteiger partial charge >= 0.3 is 0 Å². The Morgan fingerprint density at radius 2 is 1.61 bits per heavy atom. The fraction of sp³-hybridized carbons (Fsp3) is 0.238. The molecule has 0 spiro atoms. The summed E-state index contributed by atoms with van der Waals surface area (Å²) in [7, 11) is 0. The standard InChI is InChI=1S/C21H20N4O5S/c1-21(2,3)18-17(9-13-7-5-4-6-8-13)31-20(22-18)23-19(26)14-10-15(24(27)28)12-16(11-14)25(29)30/h4-8,10-12H,9H2,1-3H3,(H,22,23,26). The van der Waals surface area contributed by atoms with Gasteiger partial charge in [0.2, 0.25) is 0 Å². The first kappa shape index (κ1) is 22.0. The van der Waals surface area contributed by atoms with E-state index in [1.165, 1.54) is 11.3 Å². The lowest BCUT2D eigenvalue weighted by Crippen LogP contribution is -2.15. The minimum absolute atomic E-state index is 0.182. The van der Waals surface area contributed by atoms with E-state index >= 15 is 0 Å². The van der Waals surface area contributed by atoms with Gasteiger partial charge in [0.15, 0.2) is 5.13 Å². The molecule has 0 bridgehead atoms. The van der Waals surface area contributed by atoms with Crippen LogP contribution in [0.4, 0.5) is 16.5 Å². The molecule has 0 radical (unpaired) electrons. The molecule has 1 aromatic heterocycles. The lowest BCUT2D eigenvalue weighted by molar-refractivity contribution is -0.394. The Bertz CT molecular complexity index is 1120. The van der Waals surface area contributed by atoms with Gasteiger partial charge in [0.1, 0.15) is 0 Å². The molecule has 1 heterocycles. The van der Waals surface area contributed by atoms with Crippen molar-refractivity contribution in [2.24, 2.45) is 0 Å². The fourth-order valence-corrected chi connectivity index (χ4v) is 4.20. The van der Waals surface area contributed by atoms with Gasteiger partial charge in [0, 0.05) is 28.8 Å². The first-order valence-corrected chi connectivity index (χ1v) is 10.2. The molecular weight excluding hydrogens is 420 g/mol. The van der Waals surface area contributed by atoms with E-state index < -0.39 is 27.1 Å². The molecule has 0 saturated carbocycles. The minimum Gasteiger partial charge on any atom is -0.298 e. The van der Waals surface area contributed by atoms with Crippen molar-refractivity contribution in [3.05, 3.63) is 90.5 Å². The number of aromatic nitrogens is 1.